The molecule has 1 aromatic rings. The van der Waals surface area contributed by atoms with Crippen molar-refractivity contribution in [2.45, 2.75) is 12.8 Å². The van der Waals surface area contributed by atoms with Gasteiger partial charge >= 0.3 is 0 Å². The predicted molar refractivity (Wildman–Crippen MR) is 62.1 cm³/mol. The van der Waals surface area contributed by atoms with Crippen LogP contribution in [0.1, 0.15) is 23.2 Å². The molecule has 1 rings (SSSR count). The second kappa shape index (κ2) is 6.79. The first kappa shape index (κ1) is 12.4. The molecule has 16 heavy (non-hydrogen) atoms. The fraction of sp³-hybridized carbons (Fsp3) is 0.455. The molecule has 0 spiro atoms. The Morgan fingerprint density at radius 2 is 2.38 bits per heavy atom. The summed E-state index contributed by atoms with van der Waals surface area (Å²) in [4.78, 5) is 15.5. The summed E-state index contributed by atoms with van der Waals surface area (Å²) in [6.07, 6.45) is 4.85. The minimum Gasteiger partial charge on any atom is -0.397 e. The van der Waals surface area contributed by atoms with Gasteiger partial charge in [-0.3, -0.25) is 9.78 Å². The van der Waals surface area contributed by atoms with Crippen LogP contribution in [-0.2, 0) is 4.74 Å². The van der Waals surface area contributed by atoms with E-state index < -0.39 is 0 Å². The minimum atomic E-state index is -0.155. The molecule has 1 heterocycles. The summed E-state index contributed by atoms with van der Waals surface area (Å²) in [5, 5.41) is 2.80. The number of pyridine rings is 1. The molecule has 0 fully saturated rings. The second-order valence-electron chi connectivity index (χ2n) is 3.42. The Morgan fingerprint density at radius 1 is 1.56 bits per heavy atom. The first-order valence-electron chi connectivity index (χ1n) is 5.22. The van der Waals surface area contributed by atoms with Gasteiger partial charge in [0.15, 0.2) is 0 Å². The molecule has 1 aromatic heterocycles. The first-order valence-corrected chi connectivity index (χ1v) is 5.22. The van der Waals surface area contributed by atoms with Gasteiger partial charge in [0, 0.05) is 26.5 Å². The summed E-state index contributed by atoms with van der Waals surface area (Å²) in [6.45, 7) is 1.34. The highest BCUT2D eigenvalue weighted by atomic mass is 16.5. The number of carbonyl (C=O) groups is 1. The lowest BCUT2D eigenvalue weighted by Gasteiger charge is -2.06. The van der Waals surface area contributed by atoms with Crippen molar-refractivity contribution in [2.24, 2.45) is 0 Å². The summed E-state index contributed by atoms with van der Waals surface area (Å²) in [5.74, 6) is -0.155. The third-order valence-corrected chi connectivity index (χ3v) is 2.16. The Hall–Kier alpha value is -1.62. The summed E-state index contributed by atoms with van der Waals surface area (Å²) in [7, 11) is 1.66. The zero-order valence-corrected chi connectivity index (χ0v) is 9.40. The lowest BCUT2D eigenvalue weighted by Crippen LogP contribution is -2.25. The average molecular weight is 223 g/mol. The Labute approximate surface area is 95.0 Å². The highest BCUT2D eigenvalue weighted by Crippen LogP contribution is 2.07. The maximum Gasteiger partial charge on any atom is 0.253 e. The molecule has 0 aliphatic heterocycles. The maximum atomic E-state index is 11.6. The van der Waals surface area contributed by atoms with E-state index in [0.717, 1.165) is 12.8 Å². The molecule has 3 N–H and O–H groups in total. The molecule has 0 unspecified atom stereocenters. The van der Waals surface area contributed by atoms with Gasteiger partial charge in [-0.15, -0.1) is 0 Å². The van der Waals surface area contributed by atoms with E-state index in [1.54, 1.807) is 19.4 Å². The molecule has 0 radical (unpaired) electrons. The van der Waals surface area contributed by atoms with Crippen LogP contribution in [0.2, 0.25) is 0 Å². The van der Waals surface area contributed by atoms with Gasteiger partial charge < -0.3 is 15.8 Å². The van der Waals surface area contributed by atoms with E-state index in [0.29, 0.717) is 24.4 Å². The number of ether oxygens (including phenoxy) is 1. The molecule has 88 valence electrons. The fourth-order valence-electron chi connectivity index (χ4n) is 1.28. The molecule has 0 aliphatic rings. The number of methoxy groups -OCH3 is 1. The number of nitrogens with two attached hydrogens (primary N) is 1. The summed E-state index contributed by atoms with van der Waals surface area (Å²) in [6, 6.07) is 1.61. The van der Waals surface area contributed by atoms with E-state index in [9.17, 15) is 4.79 Å². The molecule has 0 saturated carbocycles. The van der Waals surface area contributed by atoms with Crippen LogP contribution in [0.25, 0.3) is 0 Å². The van der Waals surface area contributed by atoms with Crippen molar-refractivity contribution in [1.82, 2.24) is 10.3 Å². The van der Waals surface area contributed by atoms with Crippen molar-refractivity contribution in [3.8, 4) is 0 Å². The van der Waals surface area contributed by atoms with Gasteiger partial charge in [0.05, 0.1) is 17.4 Å². The Kier molecular flexibility index (Phi) is 5.28. The normalized spacial score (nSPS) is 10.1. The number of amides is 1. The topological polar surface area (TPSA) is 77.2 Å². The molecule has 0 saturated heterocycles. The standard InChI is InChI=1S/C11H17N3O2/c1-16-7-3-2-5-14-11(15)9-4-6-13-8-10(9)12/h4,6,8H,2-3,5,7,12H2,1H3,(H,14,15). The number of nitrogen functional groups attached to an aromatic ring is 1. The van der Waals surface area contributed by atoms with Crippen LogP contribution < -0.4 is 11.1 Å². The lowest BCUT2D eigenvalue weighted by atomic mass is 10.2. The largest absolute Gasteiger partial charge is 0.397 e. The number of hydrogen-bond donors (Lipinski definition) is 2. The van der Waals surface area contributed by atoms with Gasteiger partial charge in [0.25, 0.3) is 5.91 Å². The van der Waals surface area contributed by atoms with Crippen molar-refractivity contribution in [2.75, 3.05) is 26.0 Å². The second-order valence-corrected chi connectivity index (χ2v) is 3.42. The Morgan fingerprint density at radius 3 is 3.06 bits per heavy atom. The van der Waals surface area contributed by atoms with Crippen LogP contribution in [0.3, 0.4) is 0 Å². The SMILES string of the molecule is COCCCCNC(=O)c1ccncc1N. The molecule has 1 amide bonds. The molecule has 5 heteroatoms. The van der Waals surface area contributed by atoms with Crippen molar-refractivity contribution in [3.63, 3.8) is 0 Å². The van der Waals surface area contributed by atoms with Gasteiger partial charge in [0.1, 0.15) is 0 Å². The van der Waals surface area contributed by atoms with Gasteiger partial charge in [-0.1, -0.05) is 0 Å². The maximum absolute atomic E-state index is 11.6. The third kappa shape index (κ3) is 3.86. The number of hydrogen-bond acceptors (Lipinski definition) is 4. The highest BCUT2D eigenvalue weighted by Gasteiger charge is 2.07. The van der Waals surface area contributed by atoms with Crippen LogP contribution in [0.5, 0.6) is 0 Å². The molecule has 0 bridgehead atoms. The average Bonchev–Trinajstić information content (AvgIpc) is 2.29. The van der Waals surface area contributed by atoms with E-state index in [1.807, 2.05) is 0 Å². The minimum absolute atomic E-state index is 0.155. The summed E-state index contributed by atoms with van der Waals surface area (Å²) >= 11 is 0. The number of nitrogens with one attached hydrogen (secondary N) is 1. The van der Waals surface area contributed by atoms with Crippen molar-refractivity contribution >= 4 is 11.6 Å². The van der Waals surface area contributed by atoms with E-state index in [-0.39, 0.29) is 5.91 Å². The number of anilines is 1. The molecule has 5 nitrogen and oxygen atoms in total. The Bertz CT molecular complexity index is 342. The van der Waals surface area contributed by atoms with Gasteiger partial charge in [-0.05, 0) is 18.9 Å². The van der Waals surface area contributed by atoms with E-state index in [4.69, 9.17) is 10.5 Å². The van der Waals surface area contributed by atoms with Crippen molar-refractivity contribution in [3.05, 3.63) is 24.0 Å². The van der Waals surface area contributed by atoms with Crippen molar-refractivity contribution < 1.29 is 9.53 Å². The van der Waals surface area contributed by atoms with Crippen LogP contribution >= 0.6 is 0 Å². The van der Waals surface area contributed by atoms with Crippen LogP contribution in [-0.4, -0.2) is 31.2 Å². The lowest BCUT2D eigenvalue weighted by molar-refractivity contribution is 0.0952. The molecular formula is C11H17N3O2. The quantitative estimate of drug-likeness (QED) is 0.700. The van der Waals surface area contributed by atoms with Gasteiger partial charge in [0.2, 0.25) is 0 Å². The fourth-order valence-corrected chi connectivity index (χ4v) is 1.28. The van der Waals surface area contributed by atoms with Crippen LogP contribution in [0.4, 0.5) is 5.69 Å². The molecule has 0 aromatic carbocycles. The predicted octanol–water partition coefficient (Wildman–Crippen LogP) is 0.820. The number of unbranched alkanes of at least 4 members (excludes halogenated alkanes) is 1. The monoisotopic (exact) mass is 223 g/mol. The van der Waals surface area contributed by atoms with E-state index in [1.165, 1.54) is 6.20 Å². The number of rotatable bonds is 6. The number of nitrogens with zero attached hydrogens (tertiary/aromatic N) is 1. The zero-order chi connectivity index (χ0) is 11.8. The van der Waals surface area contributed by atoms with Gasteiger partial charge in [-0.2, -0.15) is 0 Å². The van der Waals surface area contributed by atoms with Gasteiger partial charge in [-0.25, -0.2) is 0 Å². The smallest absolute Gasteiger partial charge is 0.253 e. The zero-order valence-electron chi connectivity index (χ0n) is 9.40. The molecule has 0 atom stereocenters. The summed E-state index contributed by atoms with van der Waals surface area (Å²) < 4.78 is 4.91. The number of carbonyl (C=O) groups excluding carboxylic acids is 1. The first-order chi connectivity index (χ1) is 7.75. The third-order valence-electron chi connectivity index (χ3n) is 2.16. The van der Waals surface area contributed by atoms with Crippen molar-refractivity contribution in [1.29, 1.82) is 0 Å². The highest BCUT2D eigenvalue weighted by molar-refractivity contribution is 5.98. The van der Waals surface area contributed by atoms with Crippen LogP contribution in [0, 0.1) is 0 Å². The van der Waals surface area contributed by atoms with Crippen LogP contribution in [0.15, 0.2) is 18.5 Å². The number of aromatic nitrogens is 1. The van der Waals surface area contributed by atoms with E-state index in [2.05, 4.69) is 10.3 Å². The molecule has 0 aliphatic carbocycles. The van der Waals surface area contributed by atoms with E-state index >= 15 is 0 Å². The Balaban J connectivity index is 2.33. The summed E-state index contributed by atoms with van der Waals surface area (Å²) in [5.41, 5.74) is 6.50. The molecular weight excluding hydrogens is 206 g/mol.